The maximum absolute atomic E-state index is 13.3. The third-order valence-corrected chi connectivity index (χ3v) is 7.12. The maximum Gasteiger partial charge on any atom is 0.326 e. The van der Waals surface area contributed by atoms with Gasteiger partial charge in [-0.1, -0.05) is 31.0 Å². The first-order chi connectivity index (χ1) is 15.4. The minimum absolute atomic E-state index is 0.0592. The monoisotopic (exact) mass is 441 g/mol. The summed E-state index contributed by atoms with van der Waals surface area (Å²) >= 11 is 0. The first-order valence-electron chi connectivity index (χ1n) is 11.5. The molecule has 3 unspecified atom stereocenters. The Hall–Kier alpha value is -2.87. The van der Waals surface area contributed by atoms with E-state index in [1.54, 1.807) is 6.92 Å². The van der Waals surface area contributed by atoms with E-state index in [4.69, 9.17) is 0 Å². The third kappa shape index (κ3) is 4.37. The van der Waals surface area contributed by atoms with Crippen LogP contribution in [0.1, 0.15) is 51.0 Å². The predicted molar refractivity (Wildman–Crippen MR) is 119 cm³/mol. The van der Waals surface area contributed by atoms with Crippen molar-refractivity contribution in [1.29, 1.82) is 0 Å². The van der Waals surface area contributed by atoms with E-state index in [9.17, 15) is 24.6 Å². The number of nitrogens with zero attached hydrogens (tertiary/aromatic N) is 1. The molecule has 2 heterocycles. The molecular weight excluding hydrogens is 410 g/mol. The van der Waals surface area contributed by atoms with Crippen LogP contribution in [0.25, 0.3) is 10.9 Å². The molecule has 1 aromatic heterocycles. The molecule has 0 radical (unpaired) electrons. The molecule has 1 aliphatic heterocycles. The molecule has 1 saturated heterocycles. The highest BCUT2D eigenvalue weighted by molar-refractivity contribution is 5.88. The number of H-pyrrole nitrogens is 1. The Morgan fingerprint density at radius 2 is 1.94 bits per heavy atom. The lowest BCUT2D eigenvalue weighted by Gasteiger charge is -2.35. The summed E-state index contributed by atoms with van der Waals surface area (Å²) in [5.74, 6) is -2.09. The van der Waals surface area contributed by atoms with Crippen molar-refractivity contribution in [2.45, 2.75) is 76.0 Å². The van der Waals surface area contributed by atoms with Crippen LogP contribution in [0.5, 0.6) is 0 Å². The van der Waals surface area contributed by atoms with E-state index in [-0.39, 0.29) is 17.9 Å². The number of carbonyl (C=O) groups is 3. The van der Waals surface area contributed by atoms with Crippen molar-refractivity contribution in [3.05, 3.63) is 36.0 Å². The van der Waals surface area contributed by atoms with E-state index >= 15 is 0 Å². The number of carbonyl (C=O) groups excluding carboxylic acids is 1. The fourth-order valence-corrected chi connectivity index (χ4v) is 5.51. The predicted octanol–water partition coefficient (Wildman–Crippen LogP) is 2.78. The zero-order chi connectivity index (χ0) is 22.8. The van der Waals surface area contributed by atoms with Gasteiger partial charge in [0.1, 0.15) is 12.1 Å². The van der Waals surface area contributed by atoms with Crippen molar-refractivity contribution in [1.82, 2.24) is 15.2 Å². The molecule has 4 N–H and O–H groups in total. The molecular formula is C24H31N3O5. The van der Waals surface area contributed by atoms with Gasteiger partial charge in [-0.05, 0) is 56.6 Å². The number of para-hydroxylation sites is 1. The van der Waals surface area contributed by atoms with Crippen molar-refractivity contribution in [2.75, 3.05) is 0 Å². The number of rotatable bonds is 8. The number of nitrogens with one attached hydrogen (secondary N) is 2. The number of hydrogen-bond acceptors (Lipinski definition) is 4. The molecule has 2 fully saturated rings. The molecule has 8 heteroatoms. The Morgan fingerprint density at radius 3 is 2.69 bits per heavy atom. The molecule has 8 nitrogen and oxygen atoms in total. The highest BCUT2D eigenvalue weighted by atomic mass is 16.4. The van der Waals surface area contributed by atoms with Crippen LogP contribution < -0.4 is 5.32 Å². The number of carboxylic acids is 2. The number of aromatic amines is 1. The van der Waals surface area contributed by atoms with Gasteiger partial charge in [-0.2, -0.15) is 0 Å². The molecule has 0 bridgehead atoms. The smallest absolute Gasteiger partial charge is 0.326 e. The summed E-state index contributed by atoms with van der Waals surface area (Å²) < 4.78 is 0. The standard InChI is InChI=1S/C24H31N3O5/c1-14(22(28)27-20-9-5-2-6-15(20)12-21(27)24(31)32)26-19(23(29)30)11-10-16-13-25-18-8-4-3-7-17(16)18/h3-4,7-8,13-15,19-21,25-26H,2,5-6,9-12H2,1H3,(H,29,30)(H,31,32)/t14-,15?,19?,20?,21-/m0/s1. The first kappa shape index (κ1) is 22.3. The minimum atomic E-state index is -1.02. The average Bonchev–Trinajstić information content (AvgIpc) is 3.37. The van der Waals surface area contributed by atoms with E-state index in [1.165, 1.54) is 4.90 Å². The van der Waals surface area contributed by atoms with E-state index in [0.29, 0.717) is 19.3 Å². The van der Waals surface area contributed by atoms with Gasteiger partial charge >= 0.3 is 11.9 Å². The Balaban J connectivity index is 1.43. The van der Waals surface area contributed by atoms with Gasteiger partial charge in [-0.3, -0.25) is 14.9 Å². The van der Waals surface area contributed by atoms with Gasteiger partial charge in [0.05, 0.1) is 6.04 Å². The van der Waals surface area contributed by atoms with Crippen LogP contribution in [0.2, 0.25) is 0 Å². The molecule has 172 valence electrons. The van der Waals surface area contributed by atoms with Gasteiger partial charge in [0.2, 0.25) is 5.91 Å². The number of benzene rings is 1. The molecule has 1 amide bonds. The van der Waals surface area contributed by atoms with Crippen molar-refractivity contribution < 1.29 is 24.6 Å². The van der Waals surface area contributed by atoms with Crippen molar-refractivity contribution in [3.8, 4) is 0 Å². The molecule has 0 spiro atoms. The van der Waals surface area contributed by atoms with Gasteiger partial charge in [0.15, 0.2) is 0 Å². The number of carboxylic acid groups (broad SMARTS) is 2. The second-order valence-electron chi connectivity index (χ2n) is 9.12. The van der Waals surface area contributed by atoms with Crippen LogP contribution in [-0.2, 0) is 20.8 Å². The van der Waals surface area contributed by atoms with E-state index in [0.717, 1.165) is 42.1 Å². The van der Waals surface area contributed by atoms with Crippen molar-refractivity contribution in [3.63, 3.8) is 0 Å². The van der Waals surface area contributed by atoms with Gasteiger partial charge in [-0.25, -0.2) is 4.79 Å². The average molecular weight is 442 g/mol. The Kier molecular flexibility index (Phi) is 6.50. The minimum Gasteiger partial charge on any atom is -0.480 e. The van der Waals surface area contributed by atoms with E-state index in [1.807, 2.05) is 30.5 Å². The van der Waals surface area contributed by atoms with Crippen LogP contribution in [0.15, 0.2) is 30.5 Å². The second kappa shape index (κ2) is 9.32. The maximum atomic E-state index is 13.3. The van der Waals surface area contributed by atoms with E-state index < -0.39 is 30.1 Å². The number of fused-ring (bicyclic) bond motifs is 2. The zero-order valence-corrected chi connectivity index (χ0v) is 18.3. The topological polar surface area (TPSA) is 123 Å². The summed E-state index contributed by atoms with van der Waals surface area (Å²) in [6.07, 6.45) is 7.06. The number of amides is 1. The van der Waals surface area contributed by atoms with Crippen LogP contribution in [0.4, 0.5) is 0 Å². The summed E-state index contributed by atoms with van der Waals surface area (Å²) in [6.45, 7) is 1.64. The molecule has 5 atom stereocenters. The fourth-order valence-electron chi connectivity index (χ4n) is 5.51. The molecule has 1 saturated carbocycles. The Bertz CT molecular complexity index is 1000. The van der Waals surface area contributed by atoms with Crippen LogP contribution in [-0.4, -0.2) is 62.1 Å². The Labute approximate surface area is 187 Å². The van der Waals surface area contributed by atoms with E-state index in [2.05, 4.69) is 10.3 Å². The highest BCUT2D eigenvalue weighted by Crippen LogP contribution is 2.40. The largest absolute Gasteiger partial charge is 0.480 e. The molecule has 2 aromatic rings. The number of hydrogen-bond donors (Lipinski definition) is 4. The normalized spacial score (nSPS) is 24.8. The molecule has 1 aromatic carbocycles. The lowest BCUT2D eigenvalue weighted by Crippen LogP contribution is -2.55. The zero-order valence-electron chi connectivity index (χ0n) is 18.3. The molecule has 2 aliphatic rings. The number of aliphatic carboxylic acids is 2. The summed E-state index contributed by atoms with van der Waals surface area (Å²) in [5.41, 5.74) is 2.03. The molecule has 32 heavy (non-hydrogen) atoms. The van der Waals surface area contributed by atoms with Gasteiger partial charge < -0.3 is 20.1 Å². The lowest BCUT2D eigenvalue weighted by molar-refractivity contribution is -0.151. The third-order valence-electron chi connectivity index (χ3n) is 7.12. The summed E-state index contributed by atoms with van der Waals surface area (Å²) in [5, 5.41) is 23.5. The van der Waals surface area contributed by atoms with Gasteiger partial charge in [-0.15, -0.1) is 0 Å². The number of aromatic nitrogens is 1. The van der Waals surface area contributed by atoms with Crippen molar-refractivity contribution in [2.24, 2.45) is 5.92 Å². The van der Waals surface area contributed by atoms with Crippen LogP contribution in [0, 0.1) is 5.92 Å². The van der Waals surface area contributed by atoms with Gasteiger partial charge in [0, 0.05) is 23.1 Å². The SMILES string of the molecule is C[C@H](NC(CCc1c[nH]c2ccccc12)C(=O)O)C(=O)N1C2CCCCC2C[C@H]1C(=O)O. The van der Waals surface area contributed by atoms with Gasteiger partial charge in [0.25, 0.3) is 0 Å². The second-order valence-corrected chi connectivity index (χ2v) is 9.12. The van der Waals surface area contributed by atoms with Crippen LogP contribution in [0.3, 0.4) is 0 Å². The molecule has 4 rings (SSSR count). The number of likely N-dealkylation sites (tertiary alicyclic amines) is 1. The quantitative estimate of drug-likeness (QED) is 0.500. The fraction of sp³-hybridized carbons (Fsp3) is 0.542. The summed E-state index contributed by atoms with van der Waals surface area (Å²) in [6, 6.07) is 5.29. The summed E-state index contributed by atoms with van der Waals surface area (Å²) in [7, 11) is 0. The Morgan fingerprint density at radius 1 is 1.19 bits per heavy atom. The van der Waals surface area contributed by atoms with Crippen molar-refractivity contribution >= 4 is 28.7 Å². The molecule has 1 aliphatic carbocycles. The first-order valence-corrected chi connectivity index (χ1v) is 11.5. The summed E-state index contributed by atoms with van der Waals surface area (Å²) in [4.78, 5) is 41.8. The lowest BCUT2D eigenvalue weighted by atomic mass is 9.84. The number of aryl methyl sites for hydroxylation is 1. The highest BCUT2D eigenvalue weighted by Gasteiger charge is 2.48. The van der Waals surface area contributed by atoms with Crippen LogP contribution >= 0.6 is 0 Å².